The van der Waals surface area contributed by atoms with E-state index in [0.29, 0.717) is 16.8 Å². The highest BCUT2D eigenvalue weighted by molar-refractivity contribution is 6.13. The van der Waals surface area contributed by atoms with Gasteiger partial charge in [-0.1, -0.05) is 0 Å². The second-order valence-corrected chi connectivity index (χ2v) is 4.52. The van der Waals surface area contributed by atoms with E-state index in [1.165, 1.54) is 18.2 Å². The summed E-state index contributed by atoms with van der Waals surface area (Å²) >= 11 is 0. The highest BCUT2D eigenvalue weighted by Crippen LogP contribution is 2.34. The number of phenolic OH excluding ortho intramolecular Hbond substituents is 2. The lowest BCUT2D eigenvalue weighted by atomic mass is 9.95. The molecule has 0 saturated heterocycles. The van der Waals surface area contributed by atoms with Crippen LogP contribution in [0.1, 0.15) is 33.7 Å². The number of rotatable bonds is 1. The highest BCUT2D eigenvalue weighted by atomic mass is 16.3. The monoisotopic (exact) mass is 257 g/mol. The Labute approximate surface area is 108 Å². The summed E-state index contributed by atoms with van der Waals surface area (Å²) in [6.07, 6.45) is 0.424. The van der Waals surface area contributed by atoms with Crippen LogP contribution in [-0.2, 0) is 0 Å². The van der Waals surface area contributed by atoms with Crippen molar-refractivity contribution in [3.8, 4) is 22.8 Å². The molecule has 0 atom stereocenters. The number of aromatic nitrogens is 1. The maximum Gasteiger partial charge on any atom is 0.180 e. The van der Waals surface area contributed by atoms with E-state index in [9.17, 15) is 19.8 Å². The number of carbonyl (C=O) groups excluding carboxylic acids is 2. The molecule has 0 fully saturated rings. The number of Topliss-reactive ketones (excluding diaryl/α,β-unsaturated/α-hetero) is 2. The fraction of sp³-hybridized carbons (Fsp3) is 0.143. The highest BCUT2D eigenvalue weighted by Gasteiger charge is 2.26. The Balaban J connectivity index is 2.17. The maximum atomic E-state index is 11.7. The molecule has 3 rings (SSSR count). The minimum absolute atomic E-state index is 0.00183. The van der Waals surface area contributed by atoms with Crippen LogP contribution in [0.25, 0.3) is 11.3 Å². The van der Waals surface area contributed by atoms with Gasteiger partial charge in [-0.3, -0.25) is 9.59 Å². The molecule has 96 valence electrons. The topological polar surface area (TPSA) is 90.4 Å². The number of H-pyrrole nitrogens is 1. The summed E-state index contributed by atoms with van der Waals surface area (Å²) in [6, 6.07) is 5.64. The molecule has 0 spiro atoms. The molecule has 0 unspecified atom stereocenters. The third-order valence-electron chi connectivity index (χ3n) is 3.25. The Bertz CT molecular complexity index is 666. The average Bonchev–Trinajstić information content (AvgIpc) is 2.83. The molecule has 1 aromatic heterocycles. The number of hydrogen-bond donors (Lipinski definition) is 3. The van der Waals surface area contributed by atoms with Gasteiger partial charge in [-0.25, -0.2) is 0 Å². The van der Waals surface area contributed by atoms with E-state index in [1.807, 2.05) is 0 Å². The number of aromatic hydroxyl groups is 2. The quantitative estimate of drug-likeness (QED) is 0.683. The number of carbonyl (C=O) groups is 2. The van der Waals surface area contributed by atoms with E-state index in [2.05, 4.69) is 4.98 Å². The molecule has 5 heteroatoms. The van der Waals surface area contributed by atoms with Gasteiger partial charge in [0.05, 0.1) is 11.4 Å². The Morgan fingerprint density at radius 2 is 1.68 bits per heavy atom. The van der Waals surface area contributed by atoms with Crippen LogP contribution in [0.5, 0.6) is 11.5 Å². The second-order valence-electron chi connectivity index (χ2n) is 4.52. The summed E-state index contributed by atoms with van der Waals surface area (Å²) in [5.74, 6) is -0.230. The number of fused-ring (bicyclic) bond motifs is 1. The Hall–Kier alpha value is -2.56. The first-order valence-corrected chi connectivity index (χ1v) is 5.88. The molecule has 0 aliphatic heterocycles. The van der Waals surface area contributed by atoms with E-state index in [-0.39, 0.29) is 41.6 Å². The second kappa shape index (κ2) is 3.98. The van der Waals surface area contributed by atoms with E-state index in [4.69, 9.17) is 0 Å². The Morgan fingerprint density at radius 3 is 2.42 bits per heavy atom. The third kappa shape index (κ3) is 1.79. The molecule has 1 heterocycles. The van der Waals surface area contributed by atoms with Gasteiger partial charge in [0.1, 0.15) is 11.5 Å². The van der Waals surface area contributed by atoms with Crippen LogP contribution in [0.4, 0.5) is 0 Å². The zero-order valence-electron chi connectivity index (χ0n) is 9.93. The predicted molar refractivity (Wildman–Crippen MR) is 67.5 cm³/mol. The SMILES string of the molecule is O=C1CCC(=O)c2[nH]c(-c3cc(O)ccc3O)cc21. The lowest BCUT2D eigenvalue weighted by Gasteiger charge is -2.07. The summed E-state index contributed by atoms with van der Waals surface area (Å²) in [5.41, 5.74) is 1.44. The van der Waals surface area contributed by atoms with Gasteiger partial charge >= 0.3 is 0 Å². The van der Waals surface area contributed by atoms with Gasteiger partial charge in [-0.05, 0) is 24.3 Å². The molecule has 1 aliphatic rings. The number of aromatic amines is 1. The van der Waals surface area contributed by atoms with Crippen LogP contribution in [0.2, 0.25) is 0 Å². The molecule has 0 saturated carbocycles. The van der Waals surface area contributed by atoms with Gasteiger partial charge in [0.2, 0.25) is 0 Å². The molecular formula is C14H11NO4. The van der Waals surface area contributed by atoms with E-state index >= 15 is 0 Å². The first-order chi connectivity index (χ1) is 9.06. The lowest BCUT2D eigenvalue weighted by molar-refractivity contribution is 0.0888. The van der Waals surface area contributed by atoms with Crippen LogP contribution in [-0.4, -0.2) is 26.8 Å². The van der Waals surface area contributed by atoms with Crippen LogP contribution >= 0.6 is 0 Å². The van der Waals surface area contributed by atoms with Gasteiger partial charge in [0, 0.05) is 24.0 Å². The molecule has 0 amide bonds. The molecule has 19 heavy (non-hydrogen) atoms. The molecule has 1 aliphatic carbocycles. The standard InChI is InChI=1S/C14H11NO4/c16-7-1-2-11(17)8(5-7)10-6-9-12(18)3-4-13(19)14(9)15-10/h1-2,5-6,15-17H,3-4H2. The van der Waals surface area contributed by atoms with Crippen LogP contribution < -0.4 is 0 Å². The van der Waals surface area contributed by atoms with Gasteiger partial charge in [0.25, 0.3) is 0 Å². The summed E-state index contributed by atoms with van der Waals surface area (Å²) in [7, 11) is 0. The Morgan fingerprint density at radius 1 is 0.947 bits per heavy atom. The minimum Gasteiger partial charge on any atom is -0.508 e. The van der Waals surface area contributed by atoms with Crippen molar-refractivity contribution in [2.75, 3.05) is 0 Å². The molecule has 1 aromatic carbocycles. The van der Waals surface area contributed by atoms with Gasteiger partial charge in [0.15, 0.2) is 11.6 Å². The molecule has 5 nitrogen and oxygen atoms in total. The van der Waals surface area contributed by atoms with Crippen molar-refractivity contribution in [3.63, 3.8) is 0 Å². The van der Waals surface area contributed by atoms with Crippen molar-refractivity contribution < 1.29 is 19.8 Å². The smallest absolute Gasteiger partial charge is 0.180 e. The number of hydrogen-bond acceptors (Lipinski definition) is 4. The number of benzene rings is 1. The van der Waals surface area contributed by atoms with Crippen molar-refractivity contribution in [1.82, 2.24) is 4.98 Å². The zero-order chi connectivity index (χ0) is 13.6. The molecule has 3 N–H and O–H groups in total. The van der Waals surface area contributed by atoms with Crippen LogP contribution in [0.15, 0.2) is 24.3 Å². The fourth-order valence-corrected chi connectivity index (χ4v) is 2.27. The fourth-order valence-electron chi connectivity index (χ4n) is 2.27. The summed E-state index contributed by atoms with van der Waals surface area (Å²) in [5, 5.41) is 19.2. The zero-order valence-corrected chi connectivity index (χ0v) is 9.93. The van der Waals surface area contributed by atoms with E-state index in [0.717, 1.165) is 0 Å². The lowest BCUT2D eigenvalue weighted by Crippen LogP contribution is -2.15. The van der Waals surface area contributed by atoms with Crippen molar-refractivity contribution in [2.24, 2.45) is 0 Å². The number of phenols is 2. The molecule has 0 radical (unpaired) electrons. The van der Waals surface area contributed by atoms with Crippen LogP contribution in [0, 0.1) is 0 Å². The van der Waals surface area contributed by atoms with Gasteiger partial charge in [-0.15, -0.1) is 0 Å². The maximum absolute atomic E-state index is 11.7. The van der Waals surface area contributed by atoms with Gasteiger partial charge in [-0.2, -0.15) is 0 Å². The minimum atomic E-state index is -0.111. The predicted octanol–water partition coefficient (Wildman–Crippen LogP) is 2.25. The summed E-state index contributed by atoms with van der Waals surface area (Å²) in [6.45, 7) is 0. The van der Waals surface area contributed by atoms with Crippen molar-refractivity contribution in [3.05, 3.63) is 35.5 Å². The first-order valence-electron chi connectivity index (χ1n) is 5.88. The molecule has 0 bridgehead atoms. The largest absolute Gasteiger partial charge is 0.508 e. The Kier molecular flexibility index (Phi) is 2.41. The van der Waals surface area contributed by atoms with Gasteiger partial charge < -0.3 is 15.2 Å². The van der Waals surface area contributed by atoms with E-state index < -0.39 is 0 Å². The average molecular weight is 257 g/mol. The third-order valence-corrected chi connectivity index (χ3v) is 3.25. The number of nitrogens with one attached hydrogen (secondary N) is 1. The van der Waals surface area contributed by atoms with Crippen molar-refractivity contribution in [2.45, 2.75) is 12.8 Å². The van der Waals surface area contributed by atoms with Crippen molar-refractivity contribution in [1.29, 1.82) is 0 Å². The van der Waals surface area contributed by atoms with Crippen LogP contribution in [0.3, 0.4) is 0 Å². The first kappa shape index (κ1) is 11.5. The van der Waals surface area contributed by atoms with Crippen molar-refractivity contribution >= 4 is 11.6 Å². The molecular weight excluding hydrogens is 246 g/mol. The van der Waals surface area contributed by atoms with E-state index in [1.54, 1.807) is 6.07 Å². The summed E-state index contributed by atoms with van der Waals surface area (Å²) in [4.78, 5) is 26.3. The number of ketones is 2. The molecule has 2 aromatic rings. The normalized spacial score (nSPS) is 14.5. The summed E-state index contributed by atoms with van der Waals surface area (Å²) < 4.78 is 0.